The number of nitrogens with zero attached hydrogens (tertiary/aromatic N) is 1. The van der Waals surface area contributed by atoms with Gasteiger partial charge in [-0.05, 0) is 12.8 Å². The van der Waals surface area contributed by atoms with E-state index in [0.717, 1.165) is 25.7 Å². The summed E-state index contributed by atoms with van der Waals surface area (Å²) in [6, 6.07) is 0. The van der Waals surface area contributed by atoms with Gasteiger partial charge >= 0.3 is 0 Å². The first-order valence-corrected chi connectivity index (χ1v) is 6.84. The van der Waals surface area contributed by atoms with Crippen molar-refractivity contribution in [3.63, 3.8) is 0 Å². The summed E-state index contributed by atoms with van der Waals surface area (Å²) >= 11 is 0. The molecule has 0 aromatic carbocycles. The van der Waals surface area contributed by atoms with E-state index in [1.165, 1.54) is 6.42 Å². The highest BCUT2D eigenvalue weighted by Gasteiger charge is 2.39. The normalized spacial score (nSPS) is 28.1. The molecular formula is C13H24N2O3. The SMILES string of the molecule is COC[C@H]1CN(C(=O)C2(N)CCCCC2)CCO1. The highest BCUT2D eigenvalue weighted by Crippen LogP contribution is 2.28. The second-order valence-corrected chi connectivity index (χ2v) is 5.42. The minimum absolute atomic E-state index is 0.0140. The molecule has 0 aromatic heterocycles. The van der Waals surface area contributed by atoms with Crippen molar-refractivity contribution in [3.8, 4) is 0 Å². The zero-order valence-corrected chi connectivity index (χ0v) is 11.2. The highest BCUT2D eigenvalue weighted by molar-refractivity contribution is 5.86. The summed E-state index contributed by atoms with van der Waals surface area (Å²) < 4.78 is 10.6. The first-order valence-electron chi connectivity index (χ1n) is 6.84. The van der Waals surface area contributed by atoms with Gasteiger partial charge in [0.05, 0.1) is 24.9 Å². The van der Waals surface area contributed by atoms with Crippen LogP contribution in [0.25, 0.3) is 0 Å². The highest BCUT2D eigenvalue weighted by atomic mass is 16.5. The molecule has 1 aliphatic carbocycles. The smallest absolute Gasteiger partial charge is 0.242 e. The van der Waals surface area contributed by atoms with E-state index in [4.69, 9.17) is 15.2 Å². The molecule has 1 amide bonds. The molecule has 1 saturated heterocycles. The Morgan fingerprint density at radius 2 is 2.17 bits per heavy atom. The molecule has 2 rings (SSSR count). The summed E-state index contributed by atoms with van der Waals surface area (Å²) in [5.41, 5.74) is 5.66. The van der Waals surface area contributed by atoms with Crippen LogP contribution in [0.1, 0.15) is 32.1 Å². The van der Waals surface area contributed by atoms with Crippen molar-refractivity contribution in [1.82, 2.24) is 4.90 Å². The maximum atomic E-state index is 12.5. The molecule has 0 spiro atoms. The Balaban J connectivity index is 1.95. The molecule has 0 aromatic rings. The van der Waals surface area contributed by atoms with Crippen LogP contribution in [0.4, 0.5) is 0 Å². The van der Waals surface area contributed by atoms with Gasteiger partial charge in [0.25, 0.3) is 0 Å². The third kappa shape index (κ3) is 3.02. The average Bonchev–Trinajstić information content (AvgIpc) is 2.39. The van der Waals surface area contributed by atoms with Crippen molar-refractivity contribution in [2.24, 2.45) is 5.73 Å². The maximum Gasteiger partial charge on any atom is 0.242 e. The molecule has 1 heterocycles. The first kappa shape index (κ1) is 13.8. The fraction of sp³-hybridized carbons (Fsp3) is 0.923. The number of morpholine rings is 1. The van der Waals surface area contributed by atoms with Gasteiger partial charge in [0, 0.05) is 20.2 Å². The zero-order valence-electron chi connectivity index (χ0n) is 11.2. The van der Waals surface area contributed by atoms with Gasteiger partial charge in [0.1, 0.15) is 0 Å². The molecule has 2 fully saturated rings. The van der Waals surface area contributed by atoms with Crippen molar-refractivity contribution in [3.05, 3.63) is 0 Å². The zero-order chi connectivity index (χ0) is 13.0. The number of rotatable bonds is 3. The summed E-state index contributed by atoms with van der Waals surface area (Å²) in [5.74, 6) is 0.103. The molecule has 2 aliphatic rings. The predicted molar refractivity (Wildman–Crippen MR) is 68.2 cm³/mol. The topological polar surface area (TPSA) is 64.8 Å². The van der Waals surface area contributed by atoms with E-state index in [1.54, 1.807) is 7.11 Å². The Morgan fingerprint density at radius 1 is 1.44 bits per heavy atom. The third-order valence-electron chi connectivity index (χ3n) is 3.95. The van der Waals surface area contributed by atoms with Gasteiger partial charge in [0.2, 0.25) is 5.91 Å². The molecule has 0 bridgehead atoms. The molecule has 1 saturated carbocycles. The van der Waals surface area contributed by atoms with Crippen LogP contribution in [-0.2, 0) is 14.3 Å². The van der Waals surface area contributed by atoms with Crippen LogP contribution in [0.15, 0.2) is 0 Å². The molecule has 1 atom stereocenters. The van der Waals surface area contributed by atoms with Gasteiger partial charge in [-0.3, -0.25) is 4.79 Å². The van der Waals surface area contributed by atoms with E-state index in [-0.39, 0.29) is 12.0 Å². The molecule has 5 heteroatoms. The summed E-state index contributed by atoms with van der Waals surface area (Å²) in [7, 11) is 1.65. The Kier molecular flexibility index (Phi) is 4.59. The number of amides is 1. The van der Waals surface area contributed by atoms with Gasteiger partial charge in [-0.2, -0.15) is 0 Å². The van der Waals surface area contributed by atoms with E-state index >= 15 is 0 Å². The lowest BCUT2D eigenvalue weighted by atomic mass is 9.81. The molecule has 104 valence electrons. The Labute approximate surface area is 109 Å². The van der Waals surface area contributed by atoms with Gasteiger partial charge in [0.15, 0.2) is 0 Å². The van der Waals surface area contributed by atoms with Crippen LogP contribution in [0.5, 0.6) is 0 Å². The van der Waals surface area contributed by atoms with E-state index in [2.05, 4.69) is 0 Å². The first-order chi connectivity index (χ1) is 8.65. The third-order valence-corrected chi connectivity index (χ3v) is 3.95. The van der Waals surface area contributed by atoms with Gasteiger partial charge in [-0.15, -0.1) is 0 Å². The Bertz CT molecular complexity index is 288. The lowest BCUT2D eigenvalue weighted by Gasteiger charge is -2.40. The summed E-state index contributed by atoms with van der Waals surface area (Å²) in [5, 5.41) is 0. The van der Waals surface area contributed by atoms with Crippen LogP contribution in [0, 0.1) is 0 Å². The molecule has 18 heavy (non-hydrogen) atoms. The predicted octanol–water partition coefficient (Wildman–Crippen LogP) is 0.522. The van der Waals surface area contributed by atoms with Crippen molar-refractivity contribution >= 4 is 5.91 Å². The lowest BCUT2D eigenvalue weighted by molar-refractivity contribution is -0.147. The number of hydrogen-bond acceptors (Lipinski definition) is 4. The van der Waals surface area contributed by atoms with Crippen LogP contribution in [0.3, 0.4) is 0 Å². The largest absolute Gasteiger partial charge is 0.382 e. The number of carbonyl (C=O) groups is 1. The molecular weight excluding hydrogens is 232 g/mol. The minimum atomic E-state index is -0.632. The van der Waals surface area contributed by atoms with Gasteiger partial charge in [-0.1, -0.05) is 19.3 Å². The summed E-state index contributed by atoms with van der Waals surface area (Å²) in [6.45, 7) is 2.36. The van der Waals surface area contributed by atoms with E-state index in [0.29, 0.717) is 26.3 Å². The number of nitrogens with two attached hydrogens (primary N) is 1. The molecule has 5 nitrogen and oxygen atoms in total. The second kappa shape index (κ2) is 5.99. The molecule has 1 aliphatic heterocycles. The van der Waals surface area contributed by atoms with E-state index in [1.807, 2.05) is 4.90 Å². The average molecular weight is 256 g/mol. The summed E-state index contributed by atoms with van der Waals surface area (Å²) in [6.07, 6.45) is 4.94. The van der Waals surface area contributed by atoms with Crippen LogP contribution >= 0.6 is 0 Å². The molecule has 2 N–H and O–H groups in total. The monoisotopic (exact) mass is 256 g/mol. The quantitative estimate of drug-likeness (QED) is 0.799. The minimum Gasteiger partial charge on any atom is -0.382 e. The maximum absolute atomic E-state index is 12.5. The number of carbonyl (C=O) groups excluding carboxylic acids is 1. The summed E-state index contributed by atoms with van der Waals surface area (Å²) in [4.78, 5) is 14.4. The van der Waals surface area contributed by atoms with Crippen molar-refractivity contribution < 1.29 is 14.3 Å². The van der Waals surface area contributed by atoms with Crippen LogP contribution in [0.2, 0.25) is 0 Å². The fourth-order valence-corrected chi connectivity index (χ4v) is 2.90. The van der Waals surface area contributed by atoms with Gasteiger partial charge < -0.3 is 20.1 Å². The number of ether oxygens (including phenoxy) is 2. The number of hydrogen-bond donors (Lipinski definition) is 1. The number of methoxy groups -OCH3 is 1. The van der Waals surface area contributed by atoms with Crippen molar-refractivity contribution in [2.75, 3.05) is 33.4 Å². The fourth-order valence-electron chi connectivity index (χ4n) is 2.90. The van der Waals surface area contributed by atoms with Crippen LogP contribution < -0.4 is 5.73 Å². The van der Waals surface area contributed by atoms with Crippen molar-refractivity contribution in [1.29, 1.82) is 0 Å². The Hall–Kier alpha value is -0.650. The second-order valence-electron chi connectivity index (χ2n) is 5.42. The van der Waals surface area contributed by atoms with Gasteiger partial charge in [-0.25, -0.2) is 0 Å². The van der Waals surface area contributed by atoms with Crippen molar-refractivity contribution in [2.45, 2.75) is 43.7 Å². The lowest BCUT2D eigenvalue weighted by Crippen LogP contribution is -2.59. The standard InChI is InChI=1S/C13H24N2O3/c1-17-10-11-9-15(7-8-18-11)12(16)13(14)5-3-2-4-6-13/h11H,2-10,14H2,1H3/t11-/m1/s1. The van der Waals surface area contributed by atoms with E-state index < -0.39 is 5.54 Å². The molecule has 0 radical (unpaired) electrons. The molecule has 0 unspecified atom stereocenters. The van der Waals surface area contributed by atoms with Crippen LogP contribution in [-0.4, -0.2) is 55.9 Å². The Morgan fingerprint density at radius 3 is 2.83 bits per heavy atom. The van der Waals surface area contributed by atoms with E-state index in [9.17, 15) is 4.79 Å².